The third kappa shape index (κ3) is 3.57. The van der Waals surface area contributed by atoms with E-state index in [-0.39, 0.29) is 5.56 Å². The van der Waals surface area contributed by atoms with Gasteiger partial charge in [0.1, 0.15) is 5.75 Å². The van der Waals surface area contributed by atoms with Crippen LogP contribution in [0.15, 0.2) is 28.7 Å². The maximum atomic E-state index is 11.2. The SMILES string of the molecule is O=C(CS(=O)(=O)O)c1ccc(Br)cc1. The van der Waals surface area contributed by atoms with E-state index in [1.165, 1.54) is 12.1 Å². The molecule has 0 aliphatic carbocycles. The highest BCUT2D eigenvalue weighted by molar-refractivity contribution is 9.10. The second-order valence-corrected chi connectivity index (χ2v) is 5.02. The lowest BCUT2D eigenvalue weighted by atomic mass is 10.2. The maximum Gasteiger partial charge on any atom is 0.272 e. The minimum Gasteiger partial charge on any atom is -0.293 e. The van der Waals surface area contributed by atoms with E-state index in [1.807, 2.05) is 0 Å². The Kier molecular flexibility index (Phi) is 3.41. The molecule has 0 aromatic heterocycles. The molecule has 6 heteroatoms. The van der Waals surface area contributed by atoms with Crippen molar-refractivity contribution < 1.29 is 17.8 Å². The van der Waals surface area contributed by atoms with Gasteiger partial charge in [-0.05, 0) is 12.1 Å². The highest BCUT2D eigenvalue weighted by Crippen LogP contribution is 2.11. The van der Waals surface area contributed by atoms with Gasteiger partial charge in [-0.2, -0.15) is 8.42 Å². The smallest absolute Gasteiger partial charge is 0.272 e. The van der Waals surface area contributed by atoms with Crippen LogP contribution in [-0.4, -0.2) is 24.5 Å². The molecule has 0 saturated heterocycles. The van der Waals surface area contributed by atoms with Crippen molar-refractivity contribution >= 4 is 31.8 Å². The molecule has 1 aromatic rings. The van der Waals surface area contributed by atoms with Crippen LogP contribution in [0.5, 0.6) is 0 Å². The Balaban J connectivity index is 2.86. The first-order valence-electron chi connectivity index (χ1n) is 3.62. The third-order valence-corrected chi connectivity index (χ3v) is 2.64. The molecule has 0 atom stereocenters. The van der Waals surface area contributed by atoms with Crippen LogP contribution in [-0.2, 0) is 10.1 Å². The highest BCUT2D eigenvalue weighted by Gasteiger charge is 2.14. The normalized spacial score (nSPS) is 11.3. The summed E-state index contributed by atoms with van der Waals surface area (Å²) in [5.41, 5.74) is 0.255. The van der Waals surface area contributed by atoms with Crippen LogP contribution in [0.25, 0.3) is 0 Å². The van der Waals surface area contributed by atoms with Gasteiger partial charge in [0.15, 0.2) is 5.78 Å². The standard InChI is InChI=1S/C8H7BrO4S/c9-7-3-1-6(2-4-7)8(10)5-14(11,12)13/h1-4H,5H2,(H,11,12,13). The number of hydrogen-bond acceptors (Lipinski definition) is 3. The first-order chi connectivity index (χ1) is 6.38. The van der Waals surface area contributed by atoms with E-state index in [1.54, 1.807) is 12.1 Å². The van der Waals surface area contributed by atoms with Gasteiger partial charge in [-0.25, -0.2) is 0 Å². The average molecular weight is 279 g/mol. The van der Waals surface area contributed by atoms with Crippen molar-refractivity contribution in [3.8, 4) is 0 Å². The molecule has 76 valence electrons. The van der Waals surface area contributed by atoms with Gasteiger partial charge in [0.25, 0.3) is 10.1 Å². The summed E-state index contributed by atoms with van der Waals surface area (Å²) in [4.78, 5) is 11.2. The lowest BCUT2D eigenvalue weighted by molar-refractivity contribution is 0.101. The molecule has 1 aromatic carbocycles. The van der Waals surface area contributed by atoms with Gasteiger partial charge in [-0.3, -0.25) is 9.35 Å². The third-order valence-electron chi connectivity index (χ3n) is 1.48. The summed E-state index contributed by atoms with van der Waals surface area (Å²) >= 11 is 3.18. The molecular weight excluding hydrogens is 272 g/mol. The molecule has 0 amide bonds. The maximum absolute atomic E-state index is 11.2. The van der Waals surface area contributed by atoms with E-state index in [4.69, 9.17) is 4.55 Å². The van der Waals surface area contributed by atoms with Crippen molar-refractivity contribution in [3.05, 3.63) is 34.3 Å². The Bertz CT molecular complexity index is 435. The average Bonchev–Trinajstić information content (AvgIpc) is 2.02. The van der Waals surface area contributed by atoms with Gasteiger partial charge < -0.3 is 0 Å². The van der Waals surface area contributed by atoms with E-state index in [0.29, 0.717) is 0 Å². The summed E-state index contributed by atoms with van der Waals surface area (Å²) in [5, 5.41) is 0. The van der Waals surface area contributed by atoms with Gasteiger partial charge >= 0.3 is 0 Å². The zero-order valence-corrected chi connectivity index (χ0v) is 9.38. The molecule has 0 fully saturated rings. The van der Waals surface area contributed by atoms with Crippen LogP contribution in [0, 0.1) is 0 Å². The fourth-order valence-corrected chi connectivity index (χ4v) is 1.65. The van der Waals surface area contributed by atoms with Crippen molar-refractivity contribution in [1.82, 2.24) is 0 Å². The fourth-order valence-electron chi connectivity index (χ4n) is 0.885. The number of hydrogen-bond donors (Lipinski definition) is 1. The summed E-state index contributed by atoms with van der Waals surface area (Å²) in [6.07, 6.45) is 0. The summed E-state index contributed by atoms with van der Waals surface area (Å²) in [6.45, 7) is 0. The Labute approximate surface area is 89.8 Å². The predicted octanol–water partition coefficient (Wildman–Crippen LogP) is 1.52. The Hall–Kier alpha value is -0.720. The number of benzene rings is 1. The second kappa shape index (κ2) is 4.20. The van der Waals surface area contributed by atoms with Crippen molar-refractivity contribution in [2.75, 3.05) is 5.75 Å². The predicted molar refractivity (Wildman–Crippen MR) is 54.9 cm³/mol. The minimum absolute atomic E-state index is 0.255. The van der Waals surface area contributed by atoms with Gasteiger partial charge in [0.05, 0.1) is 0 Å². The summed E-state index contributed by atoms with van der Waals surface area (Å²) < 4.78 is 30.1. The van der Waals surface area contributed by atoms with Crippen molar-refractivity contribution in [3.63, 3.8) is 0 Å². The molecule has 0 aliphatic heterocycles. The first-order valence-corrected chi connectivity index (χ1v) is 6.02. The molecule has 0 aliphatic rings. The second-order valence-electron chi connectivity index (χ2n) is 2.66. The van der Waals surface area contributed by atoms with Crippen LogP contribution in [0.2, 0.25) is 0 Å². The fraction of sp³-hybridized carbons (Fsp3) is 0.125. The Morgan fingerprint density at radius 2 is 1.79 bits per heavy atom. The molecule has 0 spiro atoms. The molecule has 1 rings (SSSR count). The zero-order chi connectivity index (χ0) is 10.8. The molecule has 14 heavy (non-hydrogen) atoms. The van der Waals surface area contributed by atoms with E-state index in [9.17, 15) is 13.2 Å². The monoisotopic (exact) mass is 278 g/mol. The number of Topliss-reactive ketones (excluding diaryl/α,β-unsaturated/α-hetero) is 1. The van der Waals surface area contributed by atoms with Crippen LogP contribution in [0.1, 0.15) is 10.4 Å². The Morgan fingerprint density at radius 3 is 2.21 bits per heavy atom. The number of halogens is 1. The van der Waals surface area contributed by atoms with Crippen molar-refractivity contribution in [2.45, 2.75) is 0 Å². The summed E-state index contributed by atoms with van der Waals surface area (Å²) in [7, 11) is -4.24. The molecule has 0 bridgehead atoms. The minimum atomic E-state index is -4.24. The molecule has 0 unspecified atom stereocenters. The zero-order valence-electron chi connectivity index (χ0n) is 6.97. The molecule has 0 heterocycles. The molecule has 4 nitrogen and oxygen atoms in total. The van der Waals surface area contributed by atoms with Gasteiger partial charge in [0, 0.05) is 10.0 Å². The molecular formula is C8H7BrO4S. The van der Waals surface area contributed by atoms with Crippen LogP contribution >= 0.6 is 15.9 Å². The highest BCUT2D eigenvalue weighted by atomic mass is 79.9. The summed E-state index contributed by atoms with van der Waals surface area (Å²) in [6, 6.07) is 6.21. The Morgan fingerprint density at radius 1 is 1.29 bits per heavy atom. The van der Waals surface area contributed by atoms with Crippen LogP contribution in [0.3, 0.4) is 0 Å². The lowest BCUT2D eigenvalue weighted by Gasteiger charge is -1.98. The number of carbonyl (C=O) groups is 1. The molecule has 0 saturated carbocycles. The molecule has 1 N–H and O–H groups in total. The van der Waals surface area contributed by atoms with Crippen molar-refractivity contribution in [2.24, 2.45) is 0 Å². The van der Waals surface area contributed by atoms with Crippen LogP contribution < -0.4 is 0 Å². The van der Waals surface area contributed by atoms with E-state index in [2.05, 4.69) is 15.9 Å². The number of carbonyl (C=O) groups excluding carboxylic acids is 1. The van der Waals surface area contributed by atoms with E-state index in [0.717, 1.165) is 4.47 Å². The topological polar surface area (TPSA) is 71.4 Å². The number of ketones is 1. The van der Waals surface area contributed by atoms with Gasteiger partial charge in [-0.15, -0.1) is 0 Å². The van der Waals surface area contributed by atoms with Gasteiger partial charge in [-0.1, -0.05) is 28.1 Å². The number of rotatable bonds is 3. The van der Waals surface area contributed by atoms with Crippen molar-refractivity contribution in [1.29, 1.82) is 0 Å². The van der Waals surface area contributed by atoms with E-state index >= 15 is 0 Å². The lowest BCUT2D eigenvalue weighted by Crippen LogP contribution is -2.14. The summed E-state index contributed by atoms with van der Waals surface area (Å²) in [5.74, 6) is -1.51. The largest absolute Gasteiger partial charge is 0.293 e. The van der Waals surface area contributed by atoms with Crippen LogP contribution in [0.4, 0.5) is 0 Å². The molecule has 0 radical (unpaired) electrons. The van der Waals surface area contributed by atoms with E-state index < -0.39 is 21.7 Å². The van der Waals surface area contributed by atoms with Gasteiger partial charge in [0.2, 0.25) is 0 Å². The first kappa shape index (κ1) is 11.4. The quantitative estimate of drug-likeness (QED) is 0.672.